The molecule has 1 aliphatic heterocycles. The van der Waals surface area contributed by atoms with Crippen LogP contribution in [-0.2, 0) is 20.5 Å². The highest BCUT2D eigenvalue weighted by Gasteiger charge is 2.39. The van der Waals surface area contributed by atoms with Gasteiger partial charge in [-0.2, -0.15) is 4.31 Å². The van der Waals surface area contributed by atoms with E-state index in [1.165, 1.54) is 0 Å². The summed E-state index contributed by atoms with van der Waals surface area (Å²) < 4.78 is 32.8. The van der Waals surface area contributed by atoms with Gasteiger partial charge in [-0.3, -0.25) is 0 Å². The lowest BCUT2D eigenvalue weighted by Crippen LogP contribution is -2.54. The SMILES string of the molecule is O=S(=O)(Cc1ccccc1)N1CCOC2CCCCC21. The van der Waals surface area contributed by atoms with Gasteiger partial charge in [0.05, 0.1) is 24.5 Å². The molecule has 5 heteroatoms. The second kappa shape index (κ2) is 5.84. The van der Waals surface area contributed by atoms with Crippen LogP contribution in [0, 0.1) is 0 Å². The summed E-state index contributed by atoms with van der Waals surface area (Å²) in [7, 11) is -3.25. The molecule has 4 nitrogen and oxygen atoms in total. The number of fused-ring (bicyclic) bond motifs is 1. The Hall–Kier alpha value is -0.910. The van der Waals surface area contributed by atoms with Crippen molar-refractivity contribution in [2.24, 2.45) is 0 Å². The Labute approximate surface area is 120 Å². The van der Waals surface area contributed by atoms with Crippen LogP contribution in [0.1, 0.15) is 31.2 Å². The summed E-state index contributed by atoms with van der Waals surface area (Å²) in [6.07, 6.45) is 4.26. The summed E-state index contributed by atoms with van der Waals surface area (Å²) in [5.41, 5.74) is 0.853. The number of benzene rings is 1. The molecule has 1 aliphatic carbocycles. The van der Waals surface area contributed by atoms with Crippen molar-refractivity contribution < 1.29 is 13.2 Å². The minimum atomic E-state index is -3.25. The Morgan fingerprint density at radius 1 is 1.15 bits per heavy atom. The maximum atomic E-state index is 12.7. The Bertz CT molecular complexity index is 541. The molecular weight excluding hydrogens is 274 g/mol. The van der Waals surface area contributed by atoms with Gasteiger partial charge in [0.1, 0.15) is 0 Å². The average Bonchev–Trinajstić information content (AvgIpc) is 2.47. The molecule has 0 bridgehead atoms. The fourth-order valence-electron chi connectivity index (χ4n) is 3.27. The van der Waals surface area contributed by atoms with Crippen LogP contribution in [0.3, 0.4) is 0 Å². The quantitative estimate of drug-likeness (QED) is 0.858. The largest absolute Gasteiger partial charge is 0.375 e. The molecule has 1 heterocycles. The first-order chi connectivity index (χ1) is 9.67. The van der Waals surface area contributed by atoms with Crippen molar-refractivity contribution in [1.29, 1.82) is 0 Å². The van der Waals surface area contributed by atoms with Crippen molar-refractivity contribution >= 4 is 10.0 Å². The molecule has 2 fully saturated rings. The van der Waals surface area contributed by atoms with E-state index in [-0.39, 0.29) is 17.9 Å². The molecule has 0 spiro atoms. The van der Waals surface area contributed by atoms with Gasteiger partial charge in [-0.25, -0.2) is 8.42 Å². The number of sulfonamides is 1. The van der Waals surface area contributed by atoms with Crippen LogP contribution in [0.25, 0.3) is 0 Å². The number of hydrogen-bond acceptors (Lipinski definition) is 3. The first kappa shape index (κ1) is 14.0. The number of morpholine rings is 1. The van der Waals surface area contributed by atoms with Gasteiger partial charge in [-0.05, 0) is 18.4 Å². The van der Waals surface area contributed by atoms with E-state index in [9.17, 15) is 8.42 Å². The third-order valence-electron chi connectivity index (χ3n) is 4.23. The highest BCUT2D eigenvalue weighted by molar-refractivity contribution is 7.88. The smallest absolute Gasteiger partial charge is 0.218 e. The molecule has 1 saturated heterocycles. The number of rotatable bonds is 3. The van der Waals surface area contributed by atoms with Gasteiger partial charge in [0.2, 0.25) is 10.0 Å². The second-order valence-electron chi connectivity index (χ2n) is 5.61. The highest BCUT2D eigenvalue weighted by atomic mass is 32.2. The summed E-state index contributed by atoms with van der Waals surface area (Å²) in [5.74, 6) is 0.0943. The van der Waals surface area contributed by atoms with E-state index >= 15 is 0 Å². The monoisotopic (exact) mass is 295 g/mol. The molecule has 0 radical (unpaired) electrons. The lowest BCUT2D eigenvalue weighted by atomic mass is 9.91. The predicted molar refractivity (Wildman–Crippen MR) is 77.8 cm³/mol. The Kier molecular flexibility index (Phi) is 4.10. The Morgan fingerprint density at radius 2 is 1.90 bits per heavy atom. The fraction of sp³-hybridized carbons (Fsp3) is 0.600. The summed E-state index contributed by atoms with van der Waals surface area (Å²) in [6.45, 7) is 1.02. The van der Waals surface area contributed by atoms with Crippen molar-refractivity contribution in [3.63, 3.8) is 0 Å². The third-order valence-corrected chi connectivity index (χ3v) is 6.10. The topological polar surface area (TPSA) is 46.6 Å². The average molecular weight is 295 g/mol. The first-order valence-electron chi connectivity index (χ1n) is 7.32. The van der Waals surface area contributed by atoms with Gasteiger partial charge in [0.25, 0.3) is 0 Å². The molecule has 1 saturated carbocycles. The first-order valence-corrected chi connectivity index (χ1v) is 8.93. The normalized spacial score (nSPS) is 28.0. The molecule has 2 atom stereocenters. The molecule has 1 aromatic rings. The molecule has 0 aromatic heterocycles. The van der Waals surface area contributed by atoms with Crippen LogP contribution < -0.4 is 0 Å². The second-order valence-corrected chi connectivity index (χ2v) is 7.54. The van der Waals surface area contributed by atoms with E-state index < -0.39 is 10.0 Å². The predicted octanol–water partition coefficient (Wildman–Crippen LogP) is 2.16. The van der Waals surface area contributed by atoms with Crippen molar-refractivity contribution in [3.05, 3.63) is 35.9 Å². The summed E-state index contributed by atoms with van der Waals surface area (Å²) in [4.78, 5) is 0. The lowest BCUT2D eigenvalue weighted by Gasteiger charge is -2.42. The van der Waals surface area contributed by atoms with E-state index in [0.717, 1.165) is 31.2 Å². The molecule has 3 rings (SSSR count). The molecule has 0 N–H and O–H groups in total. The van der Waals surface area contributed by atoms with E-state index in [0.29, 0.717) is 13.2 Å². The van der Waals surface area contributed by atoms with Gasteiger partial charge >= 0.3 is 0 Å². The van der Waals surface area contributed by atoms with Crippen LogP contribution in [0.4, 0.5) is 0 Å². The molecule has 0 amide bonds. The minimum Gasteiger partial charge on any atom is -0.375 e. The minimum absolute atomic E-state index is 0.0474. The lowest BCUT2D eigenvalue weighted by molar-refractivity contribution is -0.0586. The van der Waals surface area contributed by atoms with Gasteiger partial charge in [0.15, 0.2) is 0 Å². The highest BCUT2D eigenvalue weighted by Crippen LogP contribution is 2.31. The standard InChI is InChI=1S/C15H21NO3S/c17-20(18,12-13-6-2-1-3-7-13)16-10-11-19-15-9-5-4-8-14(15)16/h1-3,6-7,14-15H,4-5,8-12H2. The molecule has 20 heavy (non-hydrogen) atoms. The van der Waals surface area contributed by atoms with Crippen LogP contribution in [-0.4, -0.2) is 38.0 Å². The van der Waals surface area contributed by atoms with Crippen LogP contribution in [0.15, 0.2) is 30.3 Å². The van der Waals surface area contributed by atoms with Gasteiger partial charge < -0.3 is 4.74 Å². The van der Waals surface area contributed by atoms with Crippen LogP contribution in [0.2, 0.25) is 0 Å². The van der Waals surface area contributed by atoms with Gasteiger partial charge in [-0.1, -0.05) is 43.2 Å². The fourth-order valence-corrected chi connectivity index (χ4v) is 5.06. The molecular formula is C15H21NO3S. The van der Waals surface area contributed by atoms with E-state index in [2.05, 4.69) is 0 Å². The maximum Gasteiger partial charge on any atom is 0.218 e. The molecule has 2 unspecified atom stereocenters. The van der Waals surface area contributed by atoms with E-state index in [1.54, 1.807) is 4.31 Å². The van der Waals surface area contributed by atoms with Crippen molar-refractivity contribution in [1.82, 2.24) is 4.31 Å². The van der Waals surface area contributed by atoms with E-state index in [1.807, 2.05) is 30.3 Å². The van der Waals surface area contributed by atoms with Crippen molar-refractivity contribution in [2.45, 2.75) is 43.6 Å². The zero-order chi connectivity index (χ0) is 14.0. The Balaban J connectivity index is 1.79. The maximum absolute atomic E-state index is 12.7. The van der Waals surface area contributed by atoms with Crippen LogP contribution >= 0.6 is 0 Å². The zero-order valence-electron chi connectivity index (χ0n) is 11.6. The number of ether oxygens (including phenoxy) is 1. The number of nitrogens with zero attached hydrogens (tertiary/aromatic N) is 1. The summed E-state index contributed by atoms with van der Waals surface area (Å²) >= 11 is 0. The third kappa shape index (κ3) is 2.90. The Morgan fingerprint density at radius 3 is 2.70 bits per heavy atom. The van der Waals surface area contributed by atoms with Crippen molar-refractivity contribution in [3.8, 4) is 0 Å². The molecule has 110 valence electrons. The molecule has 2 aliphatic rings. The van der Waals surface area contributed by atoms with Gasteiger partial charge in [-0.15, -0.1) is 0 Å². The van der Waals surface area contributed by atoms with E-state index in [4.69, 9.17) is 4.74 Å². The molecule has 1 aromatic carbocycles. The zero-order valence-corrected chi connectivity index (χ0v) is 12.4. The summed E-state index contributed by atoms with van der Waals surface area (Å²) in [6, 6.07) is 9.46. The summed E-state index contributed by atoms with van der Waals surface area (Å²) in [5, 5.41) is 0. The van der Waals surface area contributed by atoms with Crippen molar-refractivity contribution in [2.75, 3.05) is 13.2 Å². The van der Waals surface area contributed by atoms with Crippen LogP contribution in [0.5, 0.6) is 0 Å². The number of hydrogen-bond donors (Lipinski definition) is 0. The van der Waals surface area contributed by atoms with Gasteiger partial charge in [0, 0.05) is 6.54 Å².